The molecule has 1 aliphatic carbocycles. The van der Waals surface area contributed by atoms with Crippen molar-refractivity contribution in [3.8, 4) is 0 Å². The zero-order valence-corrected chi connectivity index (χ0v) is 8.03. The molecule has 0 spiro atoms. The van der Waals surface area contributed by atoms with E-state index in [0.29, 0.717) is 5.78 Å². The fourth-order valence-electron chi connectivity index (χ4n) is 1.24. The molecule has 0 aromatic carbocycles. The highest BCUT2D eigenvalue weighted by Crippen LogP contribution is 2.32. The minimum absolute atomic E-state index is 0.151. The van der Waals surface area contributed by atoms with Crippen LogP contribution in [0.1, 0.15) is 19.3 Å². The summed E-state index contributed by atoms with van der Waals surface area (Å²) in [4.78, 5) is 11.2. The first-order chi connectivity index (χ1) is 5.86. The maximum atomic E-state index is 11.2. The zero-order chi connectivity index (χ0) is 8.39. The van der Waals surface area contributed by atoms with Gasteiger partial charge >= 0.3 is 0 Å². The van der Waals surface area contributed by atoms with Crippen molar-refractivity contribution in [3.05, 3.63) is 5.51 Å². The van der Waals surface area contributed by atoms with Crippen LogP contribution in [0.15, 0.2) is 9.85 Å². The number of ketones is 1. The summed E-state index contributed by atoms with van der Waals surface area (Å²) in [6.45, 7) is 0. The Morgan fingerprint density at radius 2 is 2.58 bits per heavy atom. The van der Waals surface area contributed by atoms with Crippen molar-refractivity contribution in [1.29, 1.82) is 0 Å². The third-order valence-corrected chi connectivity index (χ3v) is 3.96. The summed E-state index contributed by atoms with van der Waals surface area (Å²) >= 11 is 3.06. The molecule has 0 bridgehead atoms. The van der Waals surface area contributed by atoms with Crippen molar-refractivity contribution >= 4 is 28.9 Å². The lowest BCUT2D eigenvalue weighted by Gasteiger charge is -2.01. The van der Waals surface area contributed by atoms with Gasteiger partial charge in [0.15, 0.2) is 4.34 Å². The minimum atomic E-state index is 0.151. The van der Waals surface area contributed by atoms with Gasteiger partial charge < -0.3 is 0 Å². The second kappa shape index (κ2) is 3.53. The lowest BCUT2D eigenvalue weighted by atomic mass is 10.3. The molecule has 1 unspecified atom stereocenters. The Labute approximate surface area is 78.6 Å². The molecule has 0 saturated heterocycles. The predicted octanol–water partition coefficient (Wildman–Crippen LogP) is 1.75. The normalized spacial score (nSPS) is 23.3. The average molecular weight is 200 g/mol. The first-order valence-corrected chi connectivity index (χ1v) is 5.58. The number of hydrogen-bond acceptors (Lipinski definition) is 5. The van der Waals surface area contributed by atoms with Crippen LogP contribution in [0.25, 0.3) is 0 Å². The third kappa shape index (κ3) is 1.67. The highest BCUT2D eigenvalue weighted by molar-refractivity contribution is 8.02. The van der Waals surface area contributed by atoms with Crippen LogP contribution < -0.4 is 0 Å². The lowest BCUT2D eigenvalue weighted by Crippen LogP contribution is -2.07. The molecular weight excluding hydrogens is 192 g/mol. The van der Waals surface area contributed by atoms with E-state index in [2.05, 4.69) is 10.2 Å². The maximum absolute atomic E-state index is 11.2. The molecule has 1 atom stereocenters. The van der Waals surface area contributed by atoms with Gasteiger partial charge in [-0.2, -0.15) is 0 Å². The van der Waals surface area contributed by atoms with Gasteiger partial charge in [-0.15, -0.1) is 10.2 Å². The van der Waals surface area contributed by atoms with Gasteiger partial charge in [0, 0.05) is 6.42 Å². The molecule has 0 N–H and O–H groups in total. The fourth-order valence-corrected chi connectivity index (χ4v) is 3.09. The van der Waals surface area contributed by atoms with Gasteiger partial charge in [-0.05, 0) is 12.8 Å². The van der Waals surface area contributed by atoms with Crippen LogP contribution in [0.2, 0.25) is 0 Å². The van der Waals surface area contributed by atoms with E-state index in [1.54, 1.807) is 17.3 Å². The maximum Gasteiger partial charge on any atom is 0.174 e. The molecule has 1 heterocycles. The summed E-state index contributed by atoms with van der Waals surface area (Å²) in [7, 11) is 0. The number of hydrogen-bond donors (Lipinski definition) is 0. The first kappa shape index (κ1) is 8.19. The van der Waals surface area contributed by atoms with Crippen molar-refractivity contribution in [1.82, 2.24) is 10.2 Å². The van der Waals surface area contributed by atoms with Gasteiger partial charge in [0.2, 0.25) is 0 Å². The largest absolute Gasteiger partial charge is 0.298 e. The van der Waals surface area contributed by atoms with E-state index >= 15 is 0 Å². The van der Waals surface area contributed by atoms with Gasteiger partial charge in [-0.25, -0.2) is 0 Å². The van der Waals surface area contributed by atoms with Crippen molar-refractivity contribution < 1.29 is 4.79 Å². The molecular formula is C7H8N2OS2. The number of rotatable bonds is 2. The molecule has 0 amide bonds. The quantitative estimate of drug-likeness (QED) is 0.729. The van der Waals surface area contributed by atoms with E-state index in [-0.39, 0.29) is 5.25 Å². The SMILES string of the molecule is O=C1CCCC1Sc1nncs1. The van der Waals surface area contributed by atoms with Crippen molar-refractivity contribution in [2.24, 2.45) is 0 Å². The van der Waals surface area contributed by atoms with Crippen molar-refractivity contribution in [2.45, 2.75) is 28.9 Å². The molecule has 64 valence electrons. The van der Waals surface area contributed by atoms with Crippen LogP contribution in [-0.2, 0) is 4.79 Å². The summed E-state index contributed by atoms with van der Waals surface area (Å²) in [6, 6.07) is 0. The zero-order valence-electron chi connectivity index (χ0n) is 6.40. The molecule has 0 aliphatic heterocycles. The van der Waals surface area contributed by atoms with Crippen LogP contribution in [0.5, 0.6) is 0 Å². The van der Waals surface area contributed by atoms with E-state index in [1.165, 1.54) is 11.3 Å². The van der Waals surface area contributed by atoms with Crippen LogP contribution >= 0.6 is 23.1 Å². The minimum Gasteiger partial charge on any atom is -0.298 e. The number of nitrogens with zero attached hydrogens (tertiary/aromatic N) is 2. The van der Waals surface area contributed by atoms with Gasteiger partial charge in [-0.1, -0.05) is 23.1 Å². The molecule has 1 aromatic rings. The van der Waals surface area contributed by atoms with Crippen molar-refractivity contribution in [2.75, 3.05) is 0 Å². The van der Waals surface area contributed by atoms with E-state index in [1.807, 2.05) is 0 Å². The van der Waals surface area contributed by atoms with Crippen LogP contribution in [0.4, 0.5) is 0 Å². The van der Waals surface area contributed by atoms with E-state index < -0.39 is 0 Å². The topological polar surface area (TPSA) is 42.9 Å². The Bertz CT molecular complexity index is 273. The second-order valence-electron chi connectivity index (χ2n) is 2.67. The van der Waals surface area contributed by atoms with Crippen LogP contribution in [0.3, 0.4) is 0 Å². The van der Waals surface area contributed by atoms with E-state index in [9.17, 15) is 4.79 Å². The summed E-state index contributed by atoms with van der Waals surface area (Å²) < 4.78 is 0.912. The molecule has 5 heteroatoms. The fraction of sp³-hybridized carbons (Fsp3) is 0.571. The van der Waals surface area contributed by atoms with Gasteiger partial charge in [-0.3, -0.25) is 4.79 Å². The highest BCUT2D eigenvalue weighted by atomic mass is 32.2. The van der Waals surface area contributed by atoms with E-state index in [4.69, 9.17) is 0 Å². The van der Waals surface area contributed by atoms with E-state index in [0.717, 1.165) is 23.6 Å². The average Bonchev–Trinajstić information content (AvgIpc) is 2.65. The summed E-state index contributed by atoms with van der Waals surface area (Å²) in [5.41, 5.74) is 1.70. The second-order valence-corrected chi connectivity index (χ2v) is 4.95. The Balaban J connectivity index is 1.99. The Kier molecular flexibility index (Phi) is 2.41. The summed E-state index contributed by atoms with van der Waals surface area (Å²) in [6.07, 6.45) is 2.79. The first-order valence-electron chi connectivity index (χ1n) is 3.82. The highest BCUT2D eigenvalue weighted by Gasteiger charge is 2.26. The molecule has 0 radical (unpaired) electrons. The number of Topliss-reactive ketones (excluding diaryl/α,β-unsaturated/α-hetero) is 1. The summed E-state index contributed by atoms with van der Waals surface area (Å²) in [5.74, 6) is 0.371. The number of carbonyl (C=O) groups excluding carboxylic acids is 1. The predicted molar refractivity (Wildman–Crippen MR) is 48.4 cm³/mol. The number of thioether (sulfide) groups is 1. The molecule has 12 heavy (non-hydrogen) atoms. The molecule has 2 rings (SSSR count). The Morgan fingerprint density at radius 1 is 1.67 bits per heavy atom. The molecule has 3 nitrogen and oxygen atoms in total. The monoisotopic (exact) mass is 200 g/mol. The molecule has 1 saturated carbocycles. The smallest absolute Gasteiger partial charge is 0.174 e. The number of aromatic nitrogens is 2. The van der Waals surface area contributed by atoms with Gasteiger partial charge in [0.1, 0.15) is 11.3 Å². The molecule has 1 aromatic heterocycles. The Hall–Kier alpha value is -0.420. The summed E-state index contributed by atoms with van der Waals surface area (Å²) in [5, 5.41) is 7.77. The Morgan fingerprint density at radius 3 is 3.17 bits per heavy atom. The molecule has 1 fully saturated rings. The van der Waals surface area contributed by atoms with Gasteiger partial charge in [0.25, 0.3) is 0 Å². The standard InChI is InChI=1S/C7H8N2OS2/c10-5-2-1-3-6(5)12-7-9-8-4-11-7/h4,6H,1-3H2. The third-order valence-electron chi connectivity index (χ3n) is 1.83. The molecule has 1 aliphatic rings. The van der Waals surface area contributed by atoms with Gasteiger partial charge in [0.05, 0.1) is 5.25 Å². The van der Waals surface area contributed by atoms with Crippen LogP contribution in [0, 0.1) is 0 Å². The van der Waals surface area contributed by atoms with Crippen LogP contribution in [-0.4, -0.2) is 21.2 Å². The number of carbonyl (C=O) groups is 1. The lowest BCUT2D eigenvalue weighted by molar-refractivity contribution is -0.116. The van der Waals surface area contributed by atoms with Crippen molar-refractivity contribution in [3.63, 3.8) is 0 Å².